The Morgan fingerprint density at radius 2 is 1.87 bits per heavy atom. The summed E-state index contributed by atoms with van der Waals surface area (Å²) in [6.07, 6.45) is 3.76. The van der Waals surface area contributed by atoms with Crippen molar-refractivity contribution in [1.29, 1.82) is 0 Å². The van der Waals surface area contributed by atoms with Crippen molar-refractivity contribution < 1.29 is 9.59 Å². The summed E-state index contributed by atoms with van der Waals surface area (Å²) in [6, 6.07) is 6.95. The molecule has 0 aliphatic heterocycles. The van der Waals surface area contributed by atoms with Crippen molar-refractivity contribution in [1.82, 2.24) is 10.6 Å². The van der Waals surface area contributed by atoms with Crippen molar-refractivity contribution in [2.24, 2.45) is 11.8 Å². The van der Waals surface area contributed by atoms with E-state index >= 15 is 0 Å². The Balaban J connectivity index is 1.72. The Labute approximate surface area is 143 Å². The fraction of sp³-hybridized carbons (Fsp3) is 0.556. The van der Waals surface area contributed by atoms with E-state index in [2.05, 4.69) is 24.5 Å². The van der Waals surface area contributed by atoms with Crippen LogP contribution in [-0.2, 0) is 4.79 Å². The quantitative estimate of drug-likeness (QED) is 0.865. The molecule has 0 saturated heterocycles. The molecule has 0 spiro atoms. The molecule has 23 heavy (non-hydrogen) atoms. The van der Waals surface area contributed by atoms with Gasteiger partial charge in [-0.05, 0) is 42.5 Å². The highest BCUT2D eigenvalue weighted by molar-refractivity contribution is 6.30. The number of carbonyl (C=O) groups is 2. The van der Waals surface area contributed by atoms with E-state index in [1.165, 1.54) is 12.8 Å². The Hall–Kier alpha value is -1.55. The summed E-state index contributed by atoms with van der Waals surface area (Å²) in [7, 11) is 0. The molecule has 1 saturated carbocycles. The predicted octanol–water partition coefficient (Wildman–Crippen LogP) is 3.40. The zero-order valence-electron chi connectivity index (χ0n) is 13.8. The van der Waals surface area contributed by atoms with E-state index in [1.54, 1.807) is 24.3 Å². The normalized spacial score (nSPS) is 24.0. The van der Waals surface area contributed by atoms with Crippen LogP contribution in [0.4, 0.5) is 0 Å². The van der Waals surface area contributed by atoms with Crippen LogP contribution < -0.4 is 10.6 Å². The molecule has 2 amide bonds. The first-order valence-electron chi connectivity index (χ1n) is 8.30. The molecular formula is C18H25ClN2O2. The first kappa shape index (κ1) is 17.8. The van der Waals surface area contributed by atoms with E-state index in [1.807, 2.05) is 0 Å². The monoisotopic (exact) mass is 336 g/mol. The third kappa shape index (κ3) is 5.24. The average molecular weight is 337 g/mol. The lowest BCUT2D eigenvalue weighted by Gasteiger charge is -2.34. The van der Waals surface area contributed by atoms with Crippen LogP contribution in [0.2, 0.25) is 5.02 Å². The molecule has 126 valence electrons. The number of halogens is 1. The van der Waals surface area contributed by atoms with Gasteiger partial charge in [-0.25, -0.2) is 0 Å². The fourth-order valence-corrected chi connectivity index (χ4v) is 3.18. The highest BCUT2D eigenvalue weighted by Crippen LogP contribution is 2.29. The maximum absolute atomic E-state index is 12.0. The second-order valence-corrected chi connectivity index (χ2v) is 6.89. The Morgan fingerprint density at radius 3 is 2.57 bits per heavy atom. The highest BCUT2D eigenvalue weighted by Gasteiger charge is 2.27. The minimum absolute atomic E-state index is 0.00681. The van der Waals surface area contributed by atoms with Crippen LogP contribution in [-0.4, -0.2) is 24.4 Å². The second kappa shape index (κ2) is 8.34. The number of hydrogen-bond acceptors (Lipinski definition) is 2. The largest absolute Gasteiger partial charge is 0.353 e. The van der Waals surface area contributed by atoms with Gasteiger partial charge in [-0.2, -0.15) is 0 Å². The molecule has 2 N–H and O–H groups in total. The zero-order valence-corrected chi connectivity index (χ0v) is 14.5. The molecule has 0 bridgehead atoms. The van der Waals surface area contributed by atoms with E-state index in [0.717, 1.165) is 6.42 Å². The van der Waals surface area contributed by atoms with E-state index < -0.39 is 0 Å². The van der Waals surface area contributed by atoms with Gasteiger partial charge < -0.3 is 10.6 Å². The van der Waals surface area contributed by atoms with Gasteiger partial charge in [0.1, 0.15) is 0 Å². The van der Waals surface area contributed by atoms with Gasteiger partial charge in [0.25, 0.3) is 5.91 Å². The van der Waals surface area contributed by atoms with Crippen molar-refractivity contribution in [3.63, 3.8) is 0 Å². The summed E-state index contributed by atoms with van der Waals surface area (Å²) >= 11 is 5.79. The number of nitrogens with one attached hydrogen (secondary N) is 2. The number of rotatable bonds is 5. The SMILES string of the molecule is C[C@@H]1[C@H](C)CCC[C@H]1NC(=O)CCNC(=O)c1ccc(Cl)cc1. The maximum Gasteiger partial charge on any atom is 0.251 e. The lowest BCUT2D eigenvalue weighted by atomic mass is 9.78. The lowest BCUT2D eigenvalue weighted by Crippen LogP contribution is -2.44. The smallest absolute Gasteiger partial charge is 0.251 e. The highest BCUT2D eigenvalue weighted by atomic mass is 35.5. The molecule has 0 heterocycles. The molecule has 4 nitrogen and oxygen atoms in total. The molecule has 0 aromatic heterocycles. The van der Waals surface area contributed by atoms with Crippen LogP contribution in [0.15, 0.2) is 24.3 Å². The molecule has 5 heteroatoms. The van der Waals surface area contributed by atoms with E-state index in [4.69, 9.17) is 11.6 Å². The standard InChI is InChI=1S/C18H25ClN2O2/c1-12-4-3-5-16(13(12)2)21-17(22)10-11-20-18(23)14-6-8-15(19)9-7-14/h6-9,12-13,16H,3-5,10-11H2,1-2H3,(H,20,23)(H,21,22)/t12-,13-,16-/m1/s1. The second-order valence-electron chi connectivity index (χ2n) is 6.45. The molecule has 3 atom stereocenters. The third-order valence-electron chi connectivity index (χ3n) is 4.80. The molecular weight excluding hydrogens is 312 g/mol. The van der Waals surface area contributed by atoms with E-state index in [9.17, 15) is 9.59 Å². The number of benzene rings is 1. The summed E-state index contributed by atoms with van der Waals surface area (Å²) in [6.45, 7) is 4.79. The molecule has 1 fully saturated rings. The summed E-state index contributed by atoms with van der Waals surface area (Å²) in [5.41, 5.74) is 0.546. The van der Waals surface area contributed by atoms with Gasteiger partial charge in [0.05, 0.1) is 0 Å². The van der Waals surface area contributed by atoms with Gasteiger partial charge in [-0.1, -0.05) is 38.3 Å². The minimum Gasteiger partial charge on any atom is -0.353 e. The number of hydrogen-bond donors (Lipinski definition) is 2. The number of carbonyl (C=O) groups excluding carboxylic acids is 2. The first-order valence-corrected chi connectivity index (χ1v) is 8.68. The average Bonchev–Trinajstić information content (AvgIpc) is 2.52. The maximum atomic E-state index is 12.0. The van der Waals surface area contributed by atoms with Crippen LogP contribution in [0.25, 0.3) is 0 Å². The van der Waals surface area contributed by atoms with Crippen LogP contribution in [0, 0.1) is 11.8 Å². The van der Waals surface area contributed by atoms with Crippen LogP contribution in [0.1, 0.15) is 49.9 Å². The van der Waals surface area contributed by atoms with Gasteiger partial charge in [0.15, 0.2) is 0 Å². The van der Waals surface area contributed by atoms with Crippen molar-refractivity contribution in [2.45, 2.75) is 45.6 Å². The molecule has 1 aromatic carbocycles. The zero-order chi connectivity index (χ0) is 16.8. The van der Waals surface area contributed by atoms with E-state index in [-0.39, 0.29) is 17.9 Å². The Morgan fingerprint density at radius 1 is 1.17 bits per heavy atom. The Kier molecular flexibility index (Phi) is 6.46. The molecule has 2 rings (SSSR count). The molecule has 0 radical (unpaired) electrons. The summed E-state index contributed by atoms with van der Waals surface area (Å²) in [5.74, 6) is 0.983. The van der Waals surface area contributed by atoms with E-state index in [0.29, 0.717) is 35.4 Å². The van der Waals surface area contributed by atoms with Crippen LogP contribution in [0.3, 0.4) is 0 Å². The van der Waals surface area contributed by atoms with Crippen molar-refractivity contribution in [3.8, 4) is 0 Å². The minimum atomic E-state index is -0.186. The van der Waals surface area contributed by atoms with Gasteiger partial charge >= 0.3 is 0 Å². The van der Waals surface area contributed by atoms with Crippen LogP contribution in [0.5, 0.6) is 0 Å². The van der Waals surface area contributed by atoms with Crippen molar-refractivity contribution in [3.05, 3.63) is 34.9 Å². The summed E-state index contributed by atoms with van der Waals surface area (Å²) < 4.78 is 0. The van der Waals surface area contributed by atoms with Gasteiger partial charge in [-0.3, -0.25) is 9.59 Å². The molecule has 1 aromatic rings. The predicted molar refractivity (Wildman–Crippen MR) is 92.5 cm³/mol. The van der Waals surface area contributed by atoms with Crippen molar-refractivity contribution in [2.75, 3.05) is 6.54 Å². The van der Waals surface area contributed by atoms with Gasteiger partial charge in [0.2, 0.25) is 5.91 Å². The molecule has 1 aliphatic carbocycles. The number of amides is 2. The summed E-state index contributed by atoms with van der Waals surface area (Å²) in [5, 5.41) is 6.47. The van der Waals surface area contributed by atoms with Gasteiger partial charge in [0, 0.05) is 29.6 Å². The molecule has 1 aliphatic rings. The van der Waals surface area contributed by atoms with Crippen LogP contribution >= 0.6 is 11.6 Å². The fourth-order valence-electron chi connectivity index (χ4n) is 3.06. The summed E-state index contributed by atoms with van der Waals surface area (Å²) in [4.78, 5) is 24.0. The third-order valence-corrected chi connectivity index (χ3v) is 5.05. The van der Waals surface area contributed by atoms with Gasteiger partial charge in [-0.15, -0.1) is 0 Å². The lowest BCUT2D eigenvalue weighted by molar-refractivity contribution is -0.122. The topological polar surface area (TPSA) is 58.2 Å². The first-order chi connectivity index (χ1) is 11.0. The van der Waals surface area contributed by atoms with Crippen molar-refractivity contribution >= 4 is 23.4 Å². The Bertz CT molecular complexity index is 544. The molecule has 0 unspecified atom stereocenters.